The highest BCUT2D eigenvalue weighted by Crippen LogP contribution is 2.14. The number of hydrogen-bond donors (Lipinski definition) is 0. The van der Waals surface area contributed by atoms with Crippen molar-refractivity contribution < 1.29 is 23.8 Å². The number of carbonyl (C=O) groups excluding carboxylic acids is 2. The highest BCUT2D eigenvalue weighted by molar-refractivity contribution is 14.1. The van der Waals surface area contributed by atoms with Gasteiger partial charge < -0.3 is 19.1 Å². The van der Waals surface area contributed by atoms with Crippen molar-refractivity contribution in [3.8, 4) is 5.75 Å². The smallest absolute Gasteiger partial charge is 0.410 e. The third-order valence-corrected chi connectivity index (χ3v) is 3.68. The Labute approximate surface area is 168 Å². The number of ether oxygens (including phenoxy) is 3. The molecule has 0 heterocycles. The number of benzene rings is 1. The summed E-state index contributed by atoms with van der Waals surface area (Å²) in [5.41, 5.74) is -0.600. The van der Waals surface area contributed by atoms with E-state index in [2.05, 4.69) is 22.6 Å². The van der Waals surface area contributed by atoms with Gasteiger partial charge in [0, 0.05) is 16.2 Å². The first-order valence-corrected chi connectivity index (χ1v) is 9.48. The van der Waals surface area contributed by atoms with Gasteiger partial charge in [0.1, 0.15) is 18.0 Å². The van der Waals surface area contributed by atoms with Crippen LogP contribution in [0.5, 0.6) is 5.75 Å². The molecule has 1 amide bonds. The van der Waals surface area contributed by atoms with Gasteiger partial charge in [-0.2, -0.15) is 0 Å². The van der Waals surface area contributed by atoms with Crippen LogP contribution >= 0.6 is 22.6 Å². The summed E-state index contributed by atoms with van der Waals surface area (Å²) < 4.78 is 17.0. The molecule has 0 spiro atoms. The molecule has 0 radical (unpaired) electrons. The van der Waals surface area contributed by atoms with Crippen molar-refractivity contribution in [2.45, 2.75) is 33.3 Å². The molecule has 0 bridgehead atoms. The second-order valence-corrected chi connectivity index (χ2v) is 7.63. The predicted molar refractivity (Wildman–Crippen MR) is 108 cm³/mol. The number of halogens is 1. The Balaban J connectivity index is 2.62. The molecule has 1 rings (SSSR count). The molecule has 0 saturated heterocycles. The summed E-state index contributed by atoms with van der Waals surface area (Å²) in [6.45, 7) is 8.33. The van der Waals surface area contributed by atoms with Crippen molar-refractivity contribution in [1.82, 2.24) is 4.90 Å². The van der Waals surface area contributed by atoms with E-state index >= 15 is 0 Å². The van der Waals surface area contributed by atoms with Crippen molar-refractivity contribution in [3.63, 3.8) is 0 Å². The molecule has 0 fully saturated rings. The highest BCUT2D eigenvalue weighted by atomic mass is 127. The van der Waals surface area contributed by atoms with Crippen molar-refractivity contribution in [3.05, 3.63) is 40.0 Å². The van der Waals surface area contributed by atoms with E-state index in [9.17, 15) is 9.59 Å². The molecule has 0 aromatic heterocycles. The lowest BCUT2D eigenvalue weighted by molar-refractivity contribution is -0.137. The molecule has 0 atom stereocenters. The summed E-state index contributed by atoms with van der Waals surface area (Å²) in [4.78, 5) is 25.2. The fraction of sp³-hybridized carbons (Fsp3) is 0.474. The van der Waals surface area contributed by atoms with Gasteiger partial charge in [-0.3, -0.25) is 0 Å². The number of hydrogen-bond acceptors (Lipinski definition) is 5. The Morgan fingerprint density at radius 1 is 1.19 bits per heavy atom. The van der Waals surface area contributed by atoms with E-state index in [1.165, 1.54) is 11.0 Å². The van der Waals surface area contributed by atoms with E-state index in [-0.39, 0.29) is 6.54 Å². The van der Waals surface area contributed by atoms with Gasteiger partial charge >= 0.3 is 12.1 Å². The third-order valence-electron chi connectivity index (χ3n) is 2.96. The van der Waals surface area contributed by atoms with Crippen LogP contribution in [0.25, 0.3) is 0 Å². The van der Waals surface area contributed by atoms with Gasteiger partial charge in [-0.15, -0.1) is 0 Å². The van der Waals surface area contributed by atoms with E-state index in [4.69, 9.17) is 14.2 Å². The lowest BCUT2D eigenvalue weighted by Crippen LogP contribution is -2.39. The van der Waals surface area contributed by atoms with Crippen LogP contribution in [0, 0.1) is 3.57 Å². The lowest BCUT2D eigenvalue weighted by atomic mass is 10.2. The first-order chi connectivity index (χ1) is 12.2. The second-order valence-electron chi connectivity index (χ2n) is 6.38. The number of amides is 1. The fourth-order valence-electron chi connectivity index (χ4n) is 1.85. The Bertz CT molecular complexity index is 607. The average molecular weight is 475 g/mol. The van der Waals surface area contributed by atoms with Gasteiger partial charge in [0.05, 0.1) is 13.2 Å². The zero-order valence-electron chi connectivity index (χ0n) is 15.7. The zero-order chi connectivity index (χ0) is 19.6. The Morgan fingerprint density at radius 3 is 2.42 bits per heavy atom. The lowest BCUT2D eigenvalue weighted by Gasteiger charge is -2.26. The molecule has 0 saturated carbocycles. The normalized spacial score (nSPS) is 11.3. The zero-order valence-corrected chi connectivity index (χ0v) is 17.8. The molecule has 0 aliphatic heterocycles. The molecule has 26 heavy (non-hydrogen) atoms. The van der Waals surface area contributed by atoms with Gasteiger partial charge in [0.25, 0.3) is 0 Å². The molecule has 0 aliphatic carbocycles. The summed E-state index contributed by atoms with van der Waals surface area (Å²) in [6, 6.07) is 7.65. The van der Waals surface area contributed by atoms with Crippen LogP contribution in [0.2, 0.25) is 0 Å². The maximum atomic E-state index is 12.3. The molecule has 0 aliphatic rings. The molecule has 0 N–H and O–H groups in total. The summed E-state index contributed by atoms with van der Waals surface area (Å²) >= 11 is 2.22. The minimum atomic E-state index is -0.600. The van der Waals surface area contributed by atoms with E-state index in [0.717, 1.165) is 9.32 Å². The molecular weight excluding hydrogens is 449 g/mol. The van der Waals surface area contributed by atoms with Gasteiger partial charge in [-0.1, -0.05) is 6.08 Å². The summed E-state index contributed by atoms with van der Waals surface area (Å²) in [7, 11) is 0. The van der Waals surface area contributed by atoms with Gasteiger partial charge in [-0.25, -0.2) is 9.59 Å². The van der Waals surface area contributed by atoms with Crippen LogP contribution in [0.15, 0.2) is 36.4 Å². The number of nitrogens with zero attached hydrogens (tertiary/aromatic N) is 1. The monoisotopic (exact) mass is 475 g/mol. The van der Waals surface area contributed by atoms with Crippen LogP contribution in [0.3, 0.4) is 0 Å². The molecular formula is C19H26INO5. The summed E-state index contributed by atoms with van der Waals surface area (Å²) in [5.74, 6) is 0.295. The third kappa shape index (κ3) is 9.65. The maximum Gasteiger partial charge on any atom is 0.410 e. The molecule has 0 unspecified atom stereocenters. The topological polar surface area (TPSA) is 65.1 Å². The van der Waals surface area contributed by atoms with E-state index in [1.54, 1.807) is 33.8 Å². The van der Waals surface area contributed by atoms with Crippen LogP contribution in [-0.4, -0.2) is 48.9 Å². The second kappa shape index (κ2) is 11.1. The van der Waals surface area contributed by atoms with Crippen LogP contribution < -0.4 is 4.74 Å². The minimum Gasteiger partial charge on any atom is -0.492 e. The first-order valence-electron chi connectivity index (χ1n) is 8.41. The van der Waals surface area contributed by atoms with Crippen molar-refractivity contribution >= 4 is 34.7 Å². The largest absolute Gasteiger partial charge is 0.492 e. The quantitative estimate of drug-likeness (QED) is 0.323. The predicted octanol–water partition coefficient (Wildman–Crippen LogP) is 4.03. The molecule has 144 valence electrons. The highest BCUT2D eigenvalue weighted by Gasteiger charge is 2.21. The summed E-state index contributed by atoms with van der Waals surface area (Å²) in [5, 5.41) is 0. The van der Waals surface area contributed by atoms with Crippen LogP contribution in [-0.2, 0) is 14.3 Å². The van der Waals surface area contributed by atoms with Crippen molar-refractivity contribution in [2.75, 3.05) is 26.3 Å². The minimum absolute atomic E-state index is 0.226. The number of esters is 1. The van der Waals surface area contributed by atoms with E-state index < -0.39 is 17.7 Å². The SMILES string of the molecule is CCOC(=O)/C=C\CN(CCOc1ccc(I)cc1)C(=O)OC(C)(C)C. The molecule has 6 nitrogen and oxygen atoms in total. The fourth-order valence-corrected chi connectivity index (χ4v) is 2.21. The molecule has 7 heteroatoms. The first kappa shape index (κ1) is 22.3. The van der Waals surface area contributed by atoms with Gasteiger partial charge in [0.15, 0.2) is 0 Å². The van der Waals surface area contributed by atoms with Crippen LogP contribution in [0.1, 0.15) is 27.7 Å². The van der Waals surface area contributed by atoms with E-state index in [1.807, 2.05) is 24.3 Å². The Morgan fingerprint density at radius 2 is 1.85 bits per heavy atom. The summed E-state index contributed by atoms with van der Waals surface area (Å²) in [6.07, 6.45) is 2.42. The van der Waals surface area contributed by atoms with Gasteiger partial charge in [-0.05, 0) is 74.6 Å². The van der Waals surface area contributed by atoms with Crippen LogP contribution in [0.4, 0.5) is 4.79 Å². The number of rotatable bonds is 8. The van der Waals surface area contributed by atoms with Crippen molar-refractivity contribution in [1.29, 1.82) is 0 Å². The maximum absolute atomic E-state index is 12.3. The molecule has 1 aromatic carbocycles. The Kier molecular flexibility index (Phi) is 9.47. The average Bonchev–Trinajstić information content (AvgIpc) is 2.54. The Hall–Kier alpha value is -1.77. The molecule has 1 aromatic rings. The van der Waals surface area contributed by atoms with Gasteiger partial charge in [0.2, 0.25) is 0 Å². The number of carbonyl (C=O) groups is 2. The van der Waals surface area contributed by atoms with Crippen molar-refractivity contribution in [2.24, 2.45) is 0 Å². The standard InChI is InChI=1S/C19H26INO5/c1-5-24-17(22)7-6-12-21(18(23)26-19(2,3)4)13-14-25-16-10-8-15(20)9-11-16/h6-11H,5,12-14H2,1-4H3/b7-6-. The van der Waals surface area contributed by atoms with E-state index in [0.29, 0.717) is 19.8 Å².